The molecule has 1 N–H and O–H groups in total. The van der Waals surface area contributed by atoms with Gasteiger partial charge < -0.3 is 5.32 Å². The summed E-state index contributed by atoms with van der Waals surface area (Å²) in [5.74, 6) is 0.683. The van der Waals surface area contributed by atoms with Gasteiger partial charge in [-0.3, -0.25) is 4.90 Å². The van der Waals surface area contributed by atoms with Crippen molar-refractivity contribution in [1.29, 1.82) is 0 Å². The third kappa shape index (κ3) is 3.74. The van der Waals surface area contributed by atoms with Crippen LogP contribution in [0, 0.1) is 5.92 Å². The van der Waals surface area contributed by atoms with Gasteiger partial charge in [-0.1, -0.05) is 13.8 Å². The van der Waals surface area contributed by atoms with E-state index in [1.807, 2.05) is 12.3 Å². The van der Waals surface area contributed by atoms with Crippen molar-refractivity contribution < 1.29 is 0 Å². The first-order valence-electron chi connectivity index (χ1n) is 7.44. The Bertz CT molecular complexity index is 368. The highest BCUT2D eigenvalue weighted by Crippen LogP contribution is 2.24. The van der Waals surface area contributed by atoms with Crippen LogP contribution in [-0.2, 0) is 6.54 Å². The molecule has 1 fully saturated rings. The summed E-state index contributed by atoms with van der Waals surface area (Å²) in [6, 6.07) is 3.27. The Kier molecular flexibility index (Phi) is 5.28. The van der Waals surface area contributed by atoms with Crippen molar-refractivity contribution in [2.24, 2.45) is 5.92 Å². The fraction of sp³-hybridized carbons (Fsp3) is 0.733. The van der Waals surface area contributed by atoms with Gasteiger partial charge >= 0.3 is 0 Å². The zero-order chi connectivity index (χ0) is 13.7. The molecule has 3 unspecified atom stereocenters. The highest BCUT2D eigenvalue weighted by molar-refractivity contribution is 4.99. The highest BCUT2D eigenvalue weighted by Gasteiger charge is 2.31. The molecule has 1 saturated heterocycles. The summed E-state index contributed by atoms with van der Waals surface area (Å²) >= 11 is 0. The summed E-state index contributed by atoms with van der Waals surface area (Å²) in [4.78, 5) is 10.8. The molecule has 2 rings (SSSR count). The summed E-state index contributed by atoms with van der Waals surface area (Å²) in [5.41, 5.74) is 1.12. The molecule has 106 valence electrons. The predicted octanol–water partition coefficient (Wildman–Crippen LogP) is 2.08. The largest absolute Gasteiger partial charge is 0.314 e. The molecule has 0 spiro atoms. The molecule has 4 nitrogen and oxygen atoms in total. The average Bonchev–Trinajstić information content (AvgIpc) is 2.44. The number of piperidine rings is 1. The van der Waals surface area contributed by atoms with Crippen LogP contribution in [-0.4, -0.2) is 40.0 Å². The van der Waals surface area contributed by atoms with E-state index in [0.717, 1.165) is 25.3 Å². The molecule has 0 aromatic carbocycles. The SMILES string of the molecule is CCCNC1CCN(Cc2ccncn2)C(C)C1C. The Morgan fingerprint density at radius 1 is 1.42 bits per heavy atom. The van der Waals surface area contributed by atoms with E-state index in [9.17, 15) is 0 Å². The molecular formula is C15H26N4. The van der Waals surface area contributed by atoms with E-state index in [0.29, 0.717) is 18.0 Å². The van der Waals surface area contributed by atoms with Gasteiger partial charge in [0.2, 0.25) is 0 Å². The number of nitrogens with zero attached hydrogens (tertiary/aromatic N) is 3. The molecule has 0 amide bonds. The van der Waals surface area contributed by atoms with Gasteiger partial charge in [0, 0.05) is 31.4 Å². The van der Waals surface area contributed by atoms with E-state index >= 15 is 0 Å². The fourth-order valence-electron chi connectivity index (χ4n) is 2.90. The van der Waals surface area contributed by atoms with Gasteiger partial charge in [-0.15, -0.1) is 0 Å². The Morgan fingerprint density at radius 2 is 2.26 bits per heavy atom. The molecule has 0 radical (unpaired) electrons. The topological polar surface area (TPSA) is 41.0 Å². The van der Waals surface area contributed by atoms with Crippen LogP contribution in [0.1, 0.15) is 39.3 Å². The summed E-state index contributed by atoms with van der Waals surface area (Å²) in [5, 5.41) is 3.68. The van der Waals surface area contributed by atoms with Crippen LogP contribution in [0.3, 0.4) is 0 Å². The highest BCUT2D eigenvalue weighted by atomic mass is 15.2. The molecule has 1 aliphatic heterocycles. The Labute approximate surface area is 116 Å². The quantitative estimate of drug-likeness (QED) is 0.882. The third-order valence-corrected chi connectivity index (χ3v) is 4.36. The molecular weight excluding hydrogens is 236 g/mol. The fourth-order valence-corrected chi connectivity index (χ4v) is 2.90. The summed E-state index contributed by atoms with van der Waals surface area (Å²) in [7, 11) is 0. The lowest BCUT2D eigenvalue weighted by atomic mass is 9.87. The molecule has 2 heterocycles. The number of aromatic nitrogens is 2. The van der Waals surface area contributed by atoms with Gasteiger partial charge in [-0.2, -0.15) is 0 Å². The van der Waals surface area contributed by atoms with Crippen LogP contribution in [0.15, 0.2) is 18.6 Å². The zero-order valence-corrected chi connectivity index (χ0v) is 12.3. The van der Waals surface area contributed by atoms with E-state index < -0.39 is 0 Å². The van der Waals surface area contributed by atoms with Gasteiger partial charge in [0.15, 0.2) is 0 Å². The molecule has 1 aromatic heterocycles. The maximum absolute atomic E-state index is 4.33. The number of rotatable bonds is 5. The van der Waals surface area contributed by atoms with Crippen LogP contribution < -0.4 is 5.32 Å². The van der Waals surface area contributed by atoms with Crippen molar-refractivity contribution in [3.05, 3.63) is 24.3 Å². The molecule has 0 bridgehead atoms. The van der Waals surface area contributed by atoms with Crippen LogP contribution >= 0.6 is 0 Å². The number of likely N-dealkylation sites (tertiary alicyclic amines) is 1. The third-order valence-electron chi connectivity index (χ3n) is 4.36. The maximum Gasteiger partial charge on any atom is 0.115 e. The number of hydrogen-bond acceptors (Lipinski definition) is 4. The summed E-state index contributed by atoms with van der Waals surface area (Å²) in [6.07, 6.45) is 5.91. The minimum absolute atomic E-state index is 0.595. The molecule has 1 aromatic rings. The minimum Gasteiger partial charge on any atom is -0.314 e. The van der Waals surface area contributed by atoms with Crippen molar-refractivity contribution >= 4 is 0 Å². The summed E-state index contributed by atoms with van der Waals surface area (Å²) in [6.45, 7) is 10.2. The second-order valence-electron chi connectivity index (χ2n) is 5.62. The van der Waals surface area contributed by atoms with E-state index in [2.05, 4.69) is 41.0 Å². The van der Waals surface area contributed by atoms with E-state index in [1.165, 1.54) is 12.8 Å². The standard InChI is InChI=1S/C15H26N4/c1-4-7-17-15-6-9-19(13(3)12(15)2)10-14-5-8-16-11-18-14/h5,8,11-13,15,17H,4,6-7,9-10H2,1-3H3. The minimum atomic E-state index is 0.595. The van der Waals surface area contributed by atoms with E-state index in [-0.39, 0.29) is 0 Å². The molecule has 1 aliphatic rings. The van der Waals surface area contributed by atoms with Gasteiger partial charge in [0.25, 0.3) is 0 Å². The van der Waals surface area contributed by atoms with Crippen molar-refractivity contribution in [2.75, 3.05) is 13.1 Å². The van der Waals surface area contributed by atoms with Gasteiger partial charge in [-0.05, 0) is 38.3 Å². The van der Waals surface area contributed by atoms with Gasteiger partial charge in [-0.25, -0.2) is 9.97 Å². The van der Waals surface area contributed by atoms with Crippen molar-refractivity contribution in [3.8, 4) is 0 Å². The second-order valence-corrected chi connectivity index (χ2v) is 5.62. The molecule has 0 saturated carbocycles. The Morgan fingerprint density at radius 3 is 2.95 bits per heavy atom. The average molecular weight is 262 g/mol. The monoisotopic (exact) mass is 262 g/mol. The van der Waals surface area contributed by atoms with Crippen molar-refractivity contribution in [3.63, 3.8) is 0 Å². The van der Waals surface area contributed by atoms with E-state index in [4.69, 9.17) is 0 Å². The first-order valence-corrected chi connectivity index (χ1v) is 7.44. The van der Waals surface area contributed by atoms with E-state index in [1.54, 1.807) is 6.33 Å². The first-order chi connectivity index (χ1) is 9.22. The zero-order valence-electron chi connectivity index (χ0n) is 12.3. The first kappa shape index (κ1) is 14.4. The number of nitrogens with one attached hydrogen (secondary N) is 1. The van der Waals surface area contributed by atoms with Gasteiger partial charge in [0.1, 0.15) is 6.33 Å². The smallest absolute Gasteiger partial charge is 0.115 e. The molecule has 0 aliphatic carbocycles. The second kappa shape index (κ2) is 6.96. The predicted molar refractivity (Wildman–Crippen MR) is 77.8 cm³/mol. The maximum atomic E-state index is 4.33. The molecule has 4 heteroatoms. The van der Waals surface area contributed by atoms with Gasteiger partial charge in [0.05, 0.1) is 5.69 Å². The lowest BCUT2D eigenvalue weighted by Crippen LogP contribution is -2.53. The number of hydrogen-bond donors (Lipinski definition) is 1. The Balaban J connectivity index is 1.91. The Hall–Kier alpha value is -1.00. The van der Waals surface area contributed by atoms with Crippen LogP contribution in [0.5, 0.6) is 0 Å². The van der Waals surface area contributed by atoms with Crippen molar-refractivity contribution in [2.45, 2.75) is 52.2 Å². The lowest BCUT2D eigenvalue weighted by molar-refractivity contribution is 0.0773. The normalized spacial score (nSPS) is 28.5. The summed E-state index contributed by atoms with van der Waals surface area (Å²) < 4.78 is 0. The molecule has 19 heavy (non-hydrogen) atoms. The van der Waals surface area contributed by atoms with Crippen LogP contribution in [0.4, 0.5) is 0 Å². The molecule has 3 atom stereocenters. The van der Waals surface area contributed by atoms with Crippen LogP contribution in [0.25, 0.3) is 0 Å². The van der Waals surface area contributed by atoms with Crippen LogP contribution in [0.2, 0.25) is 0 Å². The lowest BCUT2D eigenvalue weighted by Gasteiger charge is -2.43. The van der Waals surface area contributed by atoms with Crippen molar-refractivity contribution in [1.82, 2.24) is 20.2 Å².